The van der Waals surface area contributed by atoms with E-state index in [0.29, 0.717) is 12.2 Å². The van der Waals surface area contributed by atoms with Crippen LogP contribution in [-0.4, -0.2) is 36.7 Å². The molecule has 1 saturated carbocycles. The van der Waals surface area contributed by atoms with Gasteiger partial charge in [0.25, 0.3) is 0 Å². The fourth-order valence-electron chi connectivity index (χ4n) is 3.85. The van der Waals surface area contributed by atoms with E-state index in [4.69, 9.17) is 4.74 Å². The van der Waals surface area contributed by atoms with Crippen molar-refractivity contribution < 1.29 is 4.74 Å². The first kappa shape index (κ1) is 16.0. The number of rotatable bonds is 3. The second kappa shape index (κ2) is 5.98. The SMILES string of the molecule is C[C@@H]1CN(C[C@@H]2C[C@H]2c2ccc(C(C)(C)C)cc2)C[C@H](C)O1. The lowest BCUT2D eigenvalue weighted by molar-refractivity contribution is -0.0690. The minimum absolute atomic E-state index is 0.252. The van der Waals surface area contributed by atoms with Gasteiger partial charge in [0.1, 0.15) is 0 Å². The van der Waals surface area contributed by atoms with Crippen molar-refractivity contribution in [3.63, 3.8) is 0 Å². The molecule has 4 atom stereocenters. The molecule has 122 valence electrons. The Morgan fingerprint density at radius 2 is 1.64 bits per heavy atom. The molecule has 0 aromatic heterocycles. The molecule has 3 rings (SSSR count). The maximum absolute atomic E-state index is 5.83. The van der Waals surface area contributed by atoms with Gasteiger partial charge in [0.05, 0.1) is 12.2 Å². The first-order valence-corrected chi connectivity index (χ1v) is 8.81. The highest BCUT2D eigenvalue weighted by Gasteiger charge is 2.40. The van der Waals surface area contributed by atoms with E-state index in [1.54, 1.807) is 0 Å². The van der Waals surface area contributed by atoms with E-state index in [1.807, 2.05) is 0 Å². The number of benzene rings is 1. The van der Waals surface area contributed by atoms with E-state index in [9.17, 15) is 0 Å². The van der Waals surface area contributed by atoms with E-state index >= 15 is 0 Å². The predicted octanol–water partition coefficient (Wildman–Crippen LogP) is 4.20. The fraction of sp³-hybridized carbons (Fsp3) is 0.700. The zero-order valence-electron chi connectivity index (χ0n) is 14.8. The quantitative estimate of drug-likeness (QED) is 0.830. The van der Waals surface area contributed by atoms with E-state index < -0.39 is 0 Å². The Balaban J connectivity index is 1.56. The average molecular weight is 301 g/mol. The second-order valence-corrected chi connectivity index (χ2v) is 8.45. The molecule has 1 aromatic rings. The highest BCUT2D eigenvalue weighted by atomic mass is 16.5. The van der Waals surface area contributed by atoms with Crippen molar-refractivity contribution in [2.45, 2.75) is 64.6 Å². The first-order chi connectivity index (χ1) is 10.3. The molecule has 1 aliphatic carbocycles. The maximum atomic E-state index is 5.83. The maximum Gasteiger partial charge on any atom is 0.0678 e. The molecule has 0 bridgehead atoms. The Morgan fingerprint density at radius 3 is 2.18 bits per heavy atom. The van der Waals surface area contributed by atoms with E-state index in [0.717, 1.165) is 24.9 Å². The van der Waals surface area contributed by atoms with Crippen LogP contribution in [-0.2, 0) is 10.2 Å². The molecule has 2 heteroatoms. The van der Waals surface area contributed by atoms with Crippen LogP contribution in [0.25, 0.3) is 0 Å². The van der Waals surface area contributed by atoms with Crippen LogP contribution in [0.15, 0.2) is 24.3 Å². The standard InChI is InChI=1S/C20H31NO/c1-14-11-21(12-15(2)22-14)13-17-10-19(17)16-6-8-18(9-7-16)20(3,4)5/h6-9,14-15,17,19H,10-13H2,1-5H3/t14-,15+,17-,19-/m0/s1. The highest BCUT2D eigenvalue weighted by Crippen LogP contribution is 2.48. The third-order valence-electron chi connectivity index (χ3n) is 5.12. The van der Waals surface area contributed by atoms with E-state index in [2.05, 4.69) is 63.8 Å². The fourth-order valence-corrected chi connectivity index (χ4v) is 3.85. The van der Waals surface area contributed by atoms with Crippen LogP contribution in [0.5, 0.6) is 0 Å². The van der Waals surface area contributed by atoms with Gasteiger partial charge in [-0.05, 0) is 48.6 Å². The summed E-state index contributed by atoms with van der Waals surface area (Å²) in [5.74, 6) is 1.63. The lowest BCUT2D eigenvalue weighted by atomic mass is 9.86. The third-order valence-corrected chi connectivity index (χ3v) is 5.12. The van der Waals surface area contributed by atoms with Gasteiger partial charge in [-0.15, -0.1) is 0 Å². The number of morpholine rings is 1. The largest absolute Gasteiger partial charge is 0.373 e. The van der Waals surface area contributed by atoms with Crippen LogP contribution in [0.2, 0.25) is 0 Å². The van der Waals surface area contributed by atoms with Crippen LogP contribution in [0.1, 0.15) is 58.1 Å². The van der Waals surface area contributed by atoms with Crippen molar-refractivity contribution in [1.82, 2.24) is 4.90 Å². The van der Waals surface area contributed by atoms with Gasteiger partial charge in [-0.3, -0.25) is 4.90 Å². The molecule has 1 aromatic carbocycles. The monoisotopic (exact) mass is 301 g/mol. The van der Waals surface area contributed by atoms with E-state index in [1.165, 1.54) is 24.1 Å². The normalized spacial score (nSPS) is 33.0. The number of ether oxygens (including phenoxy) is 1. The Hall–Kier alpha value is -0.860. The summed E-state index contributed by atoms with van der Waals surface area (Å²) in [5.41, 5.74) is 3.22. The Morgan fingerprint density at radius 1 is 1.05 bits per heavy atom. The van der Waals surface area contributed by atoms with Gasteiger partial charge in [0, 0.05) is 19.6 Å². The molecule has 0 amide bonds. The van der Waals surface area contributed by atoms with Crippen molar-refractivity contribution in [2.75, 3.05) is 19.6 Å². The predicted molar refractivity (Wildman–Crippen MR) is 92.4 cm³/mol. The molecule has 22 heavy (non-hydrogen) atoms. The van der Waals surface area contributed by atoms with Gasteiger partial charge in [-0.1, -0.05) is 45.0 Å². The topological polar surface area (TPSA) is 12.5 Å². The molecule has 2 nitrogen and oxygen atoms in total. The van der Waals surface area contributed by atoms with Gasteiger partial charge in [-0.25, -0.2) is 0 Å². The van der Waals surface area contributed by atoms with Gasteiger partial charge >= 0.3 is 0 Å². The number of hydrogen-bond donors (Lipinski definition) is 0. The Labute approximate surface area is 135 Å². The van der Waals surface area contributed by atoms with Crippen molar-refractivity contribution in [2.24, 2.45) is 5.92 Å². The highest BCUT2D eigenvalue weighted by molar-refractivity contribution is 5.32. The zero-order valence-corrected chi connectivity index (χ0v) is 14.8. The summed E-state index contributed by atoms with van der Waals surface area (Å²) in [7, 11) is 0. The van der Waals surface area contributed by atoms with Gasteiger partial charge in [0.15, 0.2) is 0 Å². The zero-order chi connectivity index (χ0) is 15.9. The Bertz CT molecular complexity index is 491. The summed E-state index contributed by atoms with van der Waals surface area (Å²) in [5, 5.41) is 0. The minimum atomic E-state index is 0.252. The third kappa shape index (κ3) is 3.72. The van der Waals surface area contributed by atoms with Crippen LogP contribution in [0, 0.1) is 5.92 Å². The summed E-state index contributed by atoms with van der Waals surface area (Å²) >= 11 is 0. The van der Waals surface area contributed by atoms with Gasteiger partial charge in [-0.2, -0.15) is 0 Å². The molecule has 1 saturated heterocycles. The summed E-state index contributed by atoms with van der Waals surface area (Å²) in [6.45, 7) is 14.7. The van der Waals surface area contributed by atoms with Crippen LogP contribution in [0.3, 0.4) is 0 Å². The molecular weight excluding hydrogens is 270 g/mol. The van der Waals surface area contributed by atoms with E-state index in [-0.39, 0.29) is 5.41 Å². The summed E-state index contributed by atoms with van der Waals surface area (Å²) < 4.78 is 5.83. The molecule has 0 spiro atoms. The van der Waals surface area contributed by atoms with Crippen molar-refractivity contribution >= 4 is 0 Å². The lowest BCUT2D eigenvalue weighted by Gasteiger charge is -2.35. The molecule has 1 aliphatic heterocycles. The first-order valence-electron chi connectivity index (χ1n) is 8.81. The molecule has 1 heterocycles. The van der Waals surface area contributed by atoms with Gasteiger partial charge in [0.2, 0.25) is 0 Å². The Kier molecular flexibility index (Phi) is 4.35. The van der Waals surface area contributed by atoms with Crippen LogP contribution >= 0.6 is 0 Å². The summed E-state index contributed by atoms with van der Waals surface area (Å²) in [6.07, 6.45) is 2.12. The molecule has 2 aliphatic rings. The minimum Gasteiger partial charge on any atom is -0.373 e. The molecule has 0 N–H and O–H groups in total. The number of hydrogen-bond acceptors (Lipinski definition) is 2. The summed E-state index contributed by atoms with van der Waals surface area (Å²) in [6, 6.07) is 9.36. The smallest absolute Gasteiger partial charge is 0.0678 e. The van der Waals surface area contributed by atoms with Crippen LogP contribution in [0.4, 0.5) is 0 Å². The van der Waals surface area contributed by atoms with Crippen molar-refractivity contribution in [3.8, 4) is 0 Å². The number of nitrogens with zero attached hydrogens (tertiary/aromatic N) is 1. The lowest BCUT2D eigenvalue weighted by Crippen LogP contribution is -2.46. The van der Waals surface area contributed by atoms with Gasteiger partial charge < -0.3 is 4.74 Å². The molecular formula is C20H31NO. The van der Waals surface area contributed by atoms with Crippen molar-refractivity contribution in [1.29, 1.82) is 0 Å². The molecule has 0 radical (unpaired) electrons. The van der Waals surface area contributed by atoms with Crippen LogP contribution < -0.4 is 0 Å². The van der Waals surface area contributed by atoms with Crippen molar-refractivity contribution in [3.05, 3.63) is 35.4 Å². The second-order valence-electron chi connectivity index (χ2n) is 8.45. The summed E-state index contributed by atoms with van der Waals surface area (Å²) in [4.78, 5) is 2.60. The molecule has 2 fully saturated rings. The molecule has 0 unspecified atom stereocenters. The average Bonchev–Trinajstić information content (AvgIpc) is 3.16.